The molecule has 0 bridgehead atoms. The van der Waals surface area contributed by atoms with Crippen LogP contribution in [-0.4, -0.2) is 41.8 Å². The van der Waals surface area contributed by atoms with Crippen LogP contribution in [0.1, 0.15) is 34.6 Å². The molecular weight excluding hydrogens is 280 g/mol. The summed E-state index contributed by atoms with van der Waals surface area (Å²) in [6.45, 7) is 11.9. The minimum Gasteiger partial charge on any atom is -0.409 e. The molecule has 1 aliphatic heterocycles. The molecular formula is C16H26N4O2. The number of rotatable bonds is 2. The summed E-state index contributed by atoms with van der Waals surface area (Å²) in [5.41, 5.74) is 0.646. The number of carbonyl (C=O) groups excluding carboxylic acids is 1. The van der Waals surface area contributed by atoms with Crippen molar-refractivity contribution >= 4 is 11.8 Å². The van der Waals surface area contributed by atoms with Gasteiger partial charge >= 0.3 is 6.09 Å². The number of hydrogen-bond donors (Lipinski definition) is 2. The lowest BCUT2D eigenvalue weighted by atomic mass is 10.1. The van der Waals surface area contributed by atoms with Gasteiger partial charge in [0.1, 0.15) is 0 Å². The van der Waals surface area contributed by atoms with E-state index in [2.05, 4.69) is 34.4 Å². The van der Waals surface area contributed by atoms with Crippen LogP contribution in [0.3, 0.4) is 0 Å². The van der Waals surface area contributed by atoms with E-state index in [9.17, 15) is 4.79 Å². The van der Waals surface area contributed by atoms with Crippen LogP contribution >= 0.6 is 0 Å². The van der Waals surface area contributed by atoms with E-state index < -0.39 is 6.09 Å². The minimum atomic E-state index is -0.464. The van der Waals surface area contributed by atoms with Gasteiger partial charge in [0.25, 0.3) is 0 Å². The Morgan fingerprint density at radius 1 is 1.32 bits per heavy atom. The third-order valence-electron chi connectivity index (χ3n) is 3.31. The van der Waals surface area contributed by atoms with Gasteiger partial charge in [0.05, 0.1) is 18.1 Å². The first-order valence-electron chi connectivity index (χ1n) is 7.69. The summed E-state index contributed by atoms with van der Waals surface area (Å²) in [5.74, 6) is 0.457. The van der Waals surface area contributed by atoms with Crippen LogP contribution in [0, 0.1) is 0 Å². The van der Waals surface area contributed by atoms with Crippen LogP contribution in [0.5, 0.6) is 5.75 Å². The van der Waals surface area contributed by atoms with Crippen LogP contribution in [0.4, 0.5) is 10.5 Å². The van der Waals surface area contributed by atoms with Gasteiger partial charge in [-0.15, -0.1) is 0 Å². The number of nitrogens with zero attached hydrogens (tertiary/aromatic N) is 2. The zero-order chi connectivity index (χ0) is 16.3. The number of pyridine rings is 1. The highest BCUT2D eigenvalue weighted by Crippen LogP contribution is 2.22. The van der Waals surface area contributed by atoms with E-state index in [0.29, 0.717) is 17.8 Å². The second-order valence-corrected chi connectivity index (χ2v) is 7.02. The van der Waals surface area contributed by atoms with Crippen molar-refractivity contribution in [2.24, 2.45) is 0 Å². The molecule has 1 amide bonds. The number of nitrogens with one attached hydrogen (secondary N) is 2. The fourth-order valence-electron chi connectivity index (χ4n) is 2.61. The number of anilines is 1. The zero-order valence-electron chi connectivity index (χ0n) is 14.0. The standard InChI is InChI=1S/C16H26N4O2/c1-11-9-20(10-12(2)18-11)13-6-14(8-17-7-13)22-15(21)19-16(3,4)5/h6-8,11-12,18H,9-10H2,1-5H3,(H,19,21). The van der Waals surface area contributed by atoms with E-state index in [4.69, 9.17) is 4.74 Å². The Morgan fingerprint density at radius 2 is 1.95 bits per heavy atom. The van der Waals surface area contributed by atoms with Gasteiger partial charge in [0.15, 0.2) is 5.75 Å². The number of piperazine rings is 1. The Labute approximate surface area is 132 Å². The van der Waals surface area contributed by atoms with E-state index in [1.165, 1.54) is 0 Å². The molecule has 1 aromatic heterocycles. The first kappa shape index (κ1) is 16.5. The Balaban J connectivity index is 2.05. The van der Waals surface area contributed by atoms with Crippen molar-refractivity contribution in [3.05, 3.63) is 18.5 Å². The Bertz CT molecular complexity index is 517. The summed E-state index contributed by atoms with van der Waals surface area (Å²) >= 11 is 0. The molecule has 1 saturated heterocycles. The van der Waals surface area contributed by atoms with Crippen molar-refractivity contribution < 1.29 is 9.53 Å². The summed E-state index contributed by atoms with van der Waals surface area (Å²) in [6, 6.07) is 2.69. The van der Waals surface area contributed by atoms with Crippen LogP contribution < -0.4 is 20.3 Å². The molecule has 0 radical (unpaired) electrons. The van der Waals surface area contributed by atoms with Gasteiger partial charge < -0.3 is 20.3 Å². The summed E-state index contributed by atoms with van der Waals surface area (Å²) in [7, 11) is 0. The first-order chi connectivity index (χ1) is 10.2. The molecule has 0 aromatic carbocycles. The minimum absolute atomic E-state index is 0.328. The van der Waals surface area contributed by atoms with Crippen LogP contribution in [0.25, 0.3) is 0 Å². The maximum absolute atomic E-state index is 11.8. The van der Waals surface area contributed by atoms with Crippen molar-refractivity contribution in [1.29, 1.82) is 0 Å². The lowest BCUT2D eigenvalue weighted by molar-refractivity contribution is 0.190. The number of aromatic nitrogens is 1. The van der Waals surface area contributed by atoms with Crippen molar-refractivity contribution in [3.8, 4) is 5.75 Å². The fraction of sp³-hybridized carbons (Fsp3) is 0.625. The van der Waals surface area contributed by atoms with E-state index in [-0.39, 0.29) is 5.54 Å². The van der Waals surface area contributed by atoms with Crippen LogP contribution in [0.15, 0.2) is 18.5 Å². The highest BCUT2D eigenvalue weighted by atomic mass is 16.6. The second kappa shape index (κ2) is 6.52. The molecule has 0 saturated carbocycles. The van der Waals surface area contributed by atoms with Crippen molar-refractivity contribution in [1.82, 2.24) is 15.6 Å². The highest BCUT2D eigenvalue weighted by Gasteiger charge is 2.22. The molecule has 0 aliphatic carbocycles. The third-order valence-corrected chi connectivity index (χ3v) is 3.31. The molecule has 1 fully saturated rings. The van der Waals surface area contributed by atoms with E-state index >= 15 is 0 Å². The molecule has 122 valence electrons. The average Bonchev–Trinajstić information content (AvgIpc) is 2.35. The highest BCUT2D eigenvalue weighted by molar-refractivity contribution is 5.71. The van der Waals surface area contributed by atoms with Crippen LogP contribution in [0.2, 0.25) is 0 Å². The molecule has 1 aromatic rings. The number of ether oxygens (including phenoxy) is 1. The average molecular weight is 306 g/mol. The molecule has 2 unspecified atom stereocenters. The van der Waals surface area contributed by atoms with Crippen LogP contribution in [-0.2, 0) is 0 Å². The summed E-state index contributed by atoms with van der Waals surface area (Å²) in [6.07, 6.45) is 2.90. The Kier molecular flexibility index (Phi) is 4.90. The van der Waals surface area contributed by atoms with Gasteiger partial charge in [-0.3, -0.25) is 4.98 Å². The van der Waals surface area contributed by atoms with Gasteiger partial charge in [-0.2, -0.15) is 0 Å². The van der Waals surface area contributed by atoms with Gasteiger partial charge in [-0.25, -0.2) is 4.79 Å². The molecule has 6 nitrogen and oxygen atoms in total. The van der Waals surface area contributed by atoms with Crippen molar-refractivity contribution in [3.63, 3.8) is 0 Å². The van der Waals surface area contributed by atoms with Gasteiger partial charge in [-0.05, 0) is 34.6 Å². The molecule has 2 N–H and O–H groups in total. The predicted molar refractivity (Wildman–Crippen MR) is 87.4 cm³/mol. The van der Waals surface area contributed by atoms with Gasteiger partial charge in [-0.1, -0.05) is 0 Å². The normalized spacial score (nSPS) is 22.3. The zero-order valence-corrected chi connectivity index (χ0v) is 14.0. The fourth-order valence-corrected chi connectivity index (χ4v) is 2.61. The van der Waals surface area contributed by atoms with E-state index in [0.717, 1.165) is 18.8 Å². The largest absolute Gasteiger partial charge is 0.413 e. The van der Waals surface area contributed by atoms with Gasteiger partial charge in [0, 0.05) is 36.8 Å². The number of hydrogen-bond acceptors (Lipinski definition) is 5. The van der Waals surface area contributed by atoms with E-state index in [1.54, 1.807) is 12.4 Å². The smallest absolute Gasteiger partial charge is 0.409 e. The molecule has 0 spiro atoms. The monoisotopic (exact) mass is 306 g/mol. The molecule has 2 rings (SSSR count). The quantitative estimate of drug-likeness (QED) is 0.876. The lowest BCUT2D eigenvalue weighted by Crippen LogP contribution is -2.54. The maximum atomic E-state index is 11.8. The lowest BCUT2D eigenvalue weighted by Gasteiger charge is -2.37. The number of amides is 1. The first-order valence-corrected chi connectivity index (χ1v) is 7.69. The molecule has 1 aliphatic rings. The number of carbonyl (C=O) groups is 1. The third kappa shape index (κ3) is 4.87. The SMILES string of the molecule is CC1CN(c2cncc(OC(=O)NC(C)(C)C)c2)CC(C)N1. The molecule has 2 atom stereocenters. The topological polar surface area (TPSA) is 66.5 Å². The maximum Gasteiger partial charge on any atom is 0.413 e. The molecule has 2 heterocycles. The Morgan fingerprint density at radius 3 is 2.55 bits per heavy atom. The molecule has 22 heavy (non-hydrogen) atoms. The summed E-state index contributed by atoms with van der Waals surface area (Å²) in [5, 5.41) is 6.26. The molecule has 6 heteroatoms. The van der Waals surface area contributed by atoms with E-state index in [1.807, 2.05) is 26.8 Å². The predicted octanol–water partition coefficient (Wildman–Crippen LogP) is 2.16. The summed E-state index contributed by atoms with van der Waals surface area (Å²) < 4.78 is 5.32. The second-order valence-electron chi connectivity index (χ2n) is 7.02. The van der Waals surface area contributed by atoms with Crippen molar-refractivity contribution in [2.45, 2.75) is 52.2 Å². The van der Waals surface area contributed by atoms with Gasteiger partial charge in [0.2, 0.25) is 0 Å². The van der Waals surface area contributed by atoms with Crippen molar-refractivity contribution in [2.75, 3.05) is 18.0 Å². The Hall–Kier alpha value is -1.82. The summed E-state index contributed by atoms with van der Waals surface area (Å²) in [4.78, 5) is 18.3.